The summed E-state index contributed by atoms with van der Waals surface area (Å²) in [5.74, 6) is 1.96. The average molecular weight is 343 g/mol. The number of piperidine rings is 1. The smallest absolute Gasteiger partial charge is 0.152 e. The molecule has 2 aliphatic heterocycles. The standard InChI is InChI=1S/C21H21N5/c1-2-11-26(12-3-1)21-18-7-6-17(13-15(18)8-10-23-21)25-20-19-16(14-24-20)5-4-9-22-19/h4-10,13H,1-3,11-12,14H2,(H,24,25). The maximum absolute atomic E-state index is 4.67. The van der Waals surface area contributed by atoms with Gasteiger partial charge in [0.15, 0.2) is 5.84 Å². The molecule has 1 N–H and O–H groups in total. The number of fused-ring (bicyclic) bond motifs is 2. The van der Waals surface area contributed by atoms with Gasteiger partial charge in [0, 0.05) is 42.1 Å². The third kappa shape index (κ3) is 2.69. The molecule has 5 rings (SSSR count). The topological polar surface area (TPSA) is 53.4 Å². The predicted molar refractivity (Wildman–Crippen MR) is 106 cm³/mol. The summed E-state index contributed by atoms with van der Waals surface area (Å²) in [6, 6.07) is 12.6. The van der Waals surface area contributed by atoms with E-state index in [9.17, 15) is 0 Å². The number of nitrogens with zero attached hydrogens (tertiary/aromatic N) is 4. The lowest BCUT2D eigenvalue weighted by atomic mass is 10.1. The fraction of sp³-hybridized carbons (Fsp3) is 0.286. The summed E-state index contributed by atoms with van der Waals surface area (Å²) >= 11 is 0. The highest BCUT2D eigenvalue weighted by Gasteiger charge is 2.18. The van der Waals surface area contributed by atoms with Crippen LogP contribution in [-0.4, -0.2) is 28.9 Å². The number of hydrogen-bond donors (Lipinski definition) is 1. The van der Waals surface area contributed by atoms with Crippen LogP contribution in [0.25, 0.3) is 10.8 Å². The van der Waals surface area contributed by atoms with Gasteiger partial charge in [-0.15, -0.1) is 0 Å². The van der Waals surface area contributed by atoms with Gasteiger partial charge in [0.1, 0.15) is 11.5 Å². The van der Waals surface area contributed by atoms with Crippen LogP contribution in [-0.2, 0) is 6.54 Å². The first kappa shape index (κ1) is 15.3. The minimum Gasteiger partial charge on any atom is -0.356 e. The molecule has 1 fully saturated rings. The van der Waals surface area contributed by atoms with Crippen LogP contribution in [0.2, 0.25) is 0 Å². The maximum atomic E-state index is 4.67. The third-order valence-corrected chi connectivity index (χ3v) is 5.18. The molecule has 0 amide bonds. The van der Waals surface area contributed by atoms with Gasteiger partial charge >= 0.3 is 0 Å². The van der Waals surface area contributed by atoms with Gasteiger partial charge in [0.2, 0.25) is 0 Å². The molecule has 0 atom stereocenters. The second-order valence-electron chi connectivity index (χ2n) is 6.92. The van der Waals surface area contributed by atoms with Gasteiger partial charge in [-0.25, -0.2) is 4.98 Å². The summed E-state index contributed by atoms with van der Waals surface area (Å²) in [6.07, 6.45) is 7.57. The molecule has 26 heavy (non-hydrogen) atoms. The van der Waals surface area contributed by atoms with Crippen molar-refractivity contribution in [2.45, 2.75) is 25.8 Å². The van der Waals surface area contributed by atoms with Gasteiger partial charge in [0.05, 0.1) is 6.54 Å². The second kappa shape index (κ2) is 6.41. The SMILES string of the molecule is c1cnc2c(c1)CN=C2Nc1ccc2c(N3CCCCC3)nccc2c1. The molecule has 1 saturated heterocycles. The van der Waals surface area contributed by atoms with Crippen molar-refractivity contribution in [3.05, 3.63) is 60.0 Å². The Balaban J connectivity index is 1.46. The Labute approximate surface area is 152 Å². The summed E-state index contributed by atoms with van der Waals surface area (Å²) in [6.45, 7) is 2.90. The van der Waals surface area contributed by atoms with Gasteiger partial charge < -0.3 is 10.2 Å². The number of rotatable bonds is 2. The molecule has 0 aliphatic carbocycles. The van der Waals surface area contributed by atoms with Crippen molar-refractivity contribution in [3.8, 4) is 0 Å². The van der Waals surface area contributed by atoms with Gasteiger partial charge in [-0.3, -0.25) is 9.98 Å². The van der Waals surface area contributed by atoms with E-state index < -0.39 is 0 Å². The van der Waals surface area contributed by atoms with Crippen molar-refractivity contribution in [1.82, 2.24) is 9.97 Å². The molecule has 130 valence electrons. The number of aliphatic imine (C=N–C) groups is 1. The Morgan fingerprint density at radius 3 is 2.77 bits per heavy atom. The fourth-order valence-electron chi connectivity index (χ4n) is 3.85. The molecule has 0 bridgehead atoms. The van der Waals surface area contributed by atoms with Crippen molar-refractivity contribution in [1.29, 1.82) is 0 Å². The minimum absolute atomic E-state index is 0.697. The van der Waals surface area contributed by atoms with Crippen LogP contribution in [0.15, 0.2) is 53.8 Å². The van der Waals surface area contributed by atoms with Crippen LogP contribution in [0.5, 0.6) is 0 Å². The zero-order valence-corrected chi connectivity index (χ0v) is 14.7. The monoisotopic (exact) mass is 343 g/mol. The Bertz CT molecular complexity index is 989. The molecule has 1 aromatic carbocycles. The molecule has 2 aromatic heterocycles. The van der Waals surface area contributed by atoms with E-state index >= 15 is 0 Å². The summed E-state index contributed by atoms with van der Waals surface area (Å²) in [7, 11) is 0. The lowest BCUT2D eigenvalue weighted by Crippen LogP contribution is -2.30. The Morgan fingerprint density at radius 2 is 1.85 bits per heavy atom. The molecule has 0 spiro atoms. The Kier molecular flexibility index (Phi) is 3.77. The number of nitrogens with one attached hydrogen (secondary N) is 1. The van der Waals surface area contributed by atoms with Gasteiger partial charge in [-0.1, -0.05) is 6.07 Å². The zero-order valence-electron chi connectivity index (χ0n) is 14.7. The van der Waals surface area contributed by atoms with E-state index in [0.717, 1.165) is 36.1 Å². The first-order valence-corrected chi connectivity index (χ1v) is 9.28. The van der Waals surface area contributed by atoms with Crippen molar-refractivity contribution in [2.24, 2.45) is 4.99 Å². The quantitative estimate of drug-likeness (QED) is 0.764. The summed E-state index contributed by atoms with van der Waals surface area (Å²) in [5.41, 5.74) is 3.16. The van der Waals surface area contributed by atoms with E-state index in [0.29, 0.717) is 6.54 Å². The first-order valence-electron chi connectivity index (χ1n) is 9.28. The average Bonchev–Trinajstić information content (AvgIpc) is 3.11. The predicted octanol–water partition coefficient (Wildman–Crippen LogP) is 3.99. The van der Waals surface area contributed by atoms with Crippen LogP contribution in [0.3, 0.4) is 0 Å². The summed E-state index contributed by atoms with van der Waals surface area (Å²) in [4.78, 5) is 16.1. The molecule has 5 heteroatoms. The van der Waals surface area contributed by atoms with E-state index in [1.807, 2.05) is 18.5 Å². The van der Waals surface area contributed by atoms with Crippen molar-refractivity contribution in [2.75, 3.05) is 23.3 Å². The van der Waals surface area contributed by atoms with Crippen LogP contribution in [0.4, 0.5) is 11.5 Å². The summed E-state index contributed by atoms with van der Waals surface area (Å²) < 4.78 is 0. The van der Waals surface area contributed by atoms with Crippen molar-refractivity contribution >= 4 is 28.1 Å². The number of anilines is 2. The van der Waals surface area contributed by atoms with Gasteiger partial charge in [0.25, 0.3) is 0 Å². The number of benzene rings is 1. The van der Waals surface area contributed by atoms with E-state index in [-0.39, 0.29) is 0 Å². The van der Waals surface area contributed by atoms with Crippen molar-refractivity contribution in [3.63, 3.8) is 0 Å². The largest absolute Gasteiger partial charge is 0.356 e. The third-order valence-electron chi connectivity index (χ3n) is 5.18. The van der Waals surface area contributed by atoms with E-state index in [4.69, 9.17) is 0 Å². The molecule has 0 radical (unpaired) electrons. The molecule has 4 heterocycles. The zero-order chi connectivity index (χ0) is 17.3. The Hall–Kier alpha value is -2.95. The van der Waals surface area contributed by atoms with Gasteiger partial charge in [-0.05, 0) is 55.0 Å². The molecule has 0 saturated carbocycles. The molecule has 2 aliphatic rings. The highest BCUT2D eigenvalue weighted by Crippen LogP contribution is 2.29. The van der Waals surface area contributed by atoms with Crippen LogP contribution in [0.1, 0.15) is 30.5 Å². The normalized spacial score (nSPS) is 16.5. The number of amidine groups is 1. The van der Waals surface area contributed by atoms with Crippen molar-refractivity contribution < 1.29 is 0 Å². The Morgan fingerprint density at radius 1 is 0.923 bits per heavy atom. The molecular formula is C21H21N5. The highest BCUT2D eigenvalue weighted by atomic mass is 15.2. The highest BCUT2D eigenvalue weighted by molar-refractivity contribution is 6.10. The van der Waals surface area contributed by atoms with Crippen LogP contribution < -0.4 is 10.2 Å². The maximum Gasteiger partial charge on any atom is 0.152 e. The van der Waals surface area contributed by atoms with Crippen LogP contribution in [0, 0.1) is 0 Å². The second-order valence-corrected chi connectivity index (χ2v) is 6.92. The minimum atomic E-state index is 0.697. The fourth-order valence-corrected chi connectivity index (χ4v) is 3.85. The molecule has 3 aromatic rings. The number of aromatic nitrogens is 2. The molecular weight excluding hydrogens is 322 g/mol. The van der Waals surface area contributed by atoms with E-state index in [1.165, 1.54) is 35.6 Å². The first-order chi connectivity index (χ1) is 12.9. The summed E-state index contributed by atoms with van der Waals surface area (Å²) in [5, 5.41) is 5.86. The lowest BCUT2D eigenvalue weighted by Gasteiger charge is -2.28. The molecule has 0 unspecified atom stereocenters. The van der Waals surface area contributed by atoms with Gasteiger partial charge in [-0.2, -0.15) is 0 Å². The van der Waals surface area contributed by atoms with E-state index in [2.05, 4.69) is 55.5 Å². The van der Waals surface area contributed by atoms with Crippen LogP contribution >= 0.6 is 0 Å². The number of hydrogen-bond acceptors (Lipinski definition) is 5. The number of pyridine rings is 2. The lowest BCUT2D eigenvalue weighted by molar-refractivity contribution is 0.575. The van der Waals surface area contributed by atoms with E-state index in [1.54, 1.807) is 0 Å². The molecule has 5 nitrogen and oxygen atoms in total.